The van der Waals surface area contributed by atoms with Crippen LogP contribution in [-0.2, 0) is 13.1 Å². The highest BCUT2D eigenvalue weighted by atomic mass is 35.5. The molecule has 3 nitrogen and oxygen atoms in total. The van der Waals surface area contributed by atoms with Gasteiger partial charge in [0.05, 0.1) is 0 Å². The first kappa shape index (κ1) is 15.0. The molecule has 0 radical (unpaired) electrons. The number of hydrogen-bond acceptors (Lipinski definition) is 3. The molecule has 2 rings (SSSR count). The number of halogens is 1. The van der Waals surface area contributed by atoms with Crippen molar-refractivity contribution in [1.29, 1.82) is 0 Å². The summed E-state index contributed by atoms with van der Waals surface area (Å²) in [7, 11) is 0. The lowest BCUT2D eigenvalue weighted by atomic mass is 10.2. The summed E-state index contributed by atoms with van der Waals surface area (Å²) < 4.78 is 0. The maximum atomic E-state index is 9.03. The van der Waals surface area contributed by atoms with Crippen LogP contribution >= 0.6 is 11.6 Å². The summed E-state index contributed by atoms with van der Waals surface area (Å²) in [6, 6.07) is 11.9. The van der Waals surface area contributed by atoms with Crippen LogP contribution in [0.25, 0.3) is 0 Å². The Morgan fingerprint density at radius 3 is 2.60 bits per heavy atom. The quantitative estimate of drug-likeness (QED) is 0.851. The van der Waals surface area contributed by atoms with Crippen LogP contribution in [0.4, 0.5) is 0 Å². The second-order valence-corrected chi connectivity index (χ2v) is 5.22. The van der Waals surface area contributed by atoms with E-state index in [0.29, 0.717) is 0 Å². The molecule has 0 amide bonds. The summed E-state index contributed by atoms with van der Waals surface area (Å²) >= 11 is 6.02. The molecule has 0 atom stereocenters. The van der Waals surface area contributed by atoms with Crippen molar-refractivity contribution in [2.24, 2.45) is 0 Å². The molecular formula is C16H19ClN2O. The van der Waals surface area contributed by atoms with Crippen molar-refractivity contribution >= 4 is 11.6 Å². The van der Waals surface area contributed by atoms with Crippen molar-refractivity contribution in [3.05, 3.63) is 64.9 Å². The van der Waals surface area contributed by atoms with Crippen LogP contribution in [0.2, 0.25) is 5.02 Å². The minimum absolute atomic E-state index is 0.207. The zero-order chi connectivity index (χ0) is 14.2. The molecule has 0 bridgehead atoms. The molecule has 4 heteroatoms. The molecule has 0 unspecified atom stereocenters. The molecule has 0 fully saturated rings. The largest absolute Gasteiger partial charge is 0.396 e. The first-order chi connectivity index (χ1) is 9.78. The fourth-order valence-electron chi connectivity index (χ4n) is 2.15. The topological polar surface area (TPSA) is 36.4 Å². The van der Waals surface area contributed by atoms with E-state index < -0.39 is 0 Å². The van der Waals surface area contributed by atoms with Crippen molar-refractivity contribution in [2.75, 3.05) is 13.2 Å². The van der Waals surface area contributed by atoms with E-state index in [1.165, 1.54) is 11.1 Å². The van der Waals surface area contributed by atoms with E-state index in [1.54, 1.807) is 6.20 Å². The highest BCUT2D eigenvalue weighted by molar-refractivity contribution is 6.30. The Bertz CT molecular complexity index is 519. The fraction of sp³-hybridized carbons (Fsp3) is 0.312. The standard InChI is InChI=1S/C16H19ClN2O/c17-16-6-1-4-14(10-16)12-19(8-3-9-20)13-15-5-2-7-18-11-15/h1-2,4-7,10-11,20H,3,8-9,12-13H2. The van der Waals surface area contributed by atoms with Gasteiger partial charge in [-0.3, -0.25) is 9.88 Å². The summed E-state index contributed by atoms with van der Waals surface area (Å²) in [4.78, 5) is 6.43. The number of aliphatic hydroxyl groups excluding tert-OH is 1. The van der Waals surface area contributed by atoms with Crippen LogP contribution in [0.1, 0.15) is 17.5 Å². The van der Waals surface area contributed by atoms with Gasteiger partial charge in [0.15, 0.2) is 0 Å². The van der Waals surface area contributed by atoms with Crippen molar-refractivity contribution < 1.29 is 5.11 Å². The second kappa shape index (κ2) is 8.00. The van der Waals surface area contributed by atoms with Crippen LogP contribution in [0.5, 0.6) is 0 Å². The van der Waals surface area contributed by atoms with Gasteiger partial charge >= 0.3 is 0 Å². The van der Waals surface area contributed by atoms with Crippen molar-refractivity contribution in [3.8, 4) is 0 Å². The SMILES string of the molecule is OCCCN(Cc1cccnc1)Cc1cccc(Cl)c1. The minimum atomic E-state index is 0.207. The van der Waals surface area contributed by atoms with E-state index in [2.05, 4.69) is 22.0 Å². The molecule has 1 aromatic carbocycles. The number of benzene rings is 1. The molecule has 0 aliphatic heterocycles. The number of rotatable bonds is 7. The summed E-state index contributed by atoms with van der Waals surface area (Å²) in [5.41, 5.74) is 2.35. The maximum absolute atomic E-state index is 9.03. The molecule has 1 N–H and O–H groups in total. The average molecular weight is 291 g/mol. The average Bonchev–Trinajstić information content (AvgIpc) is 2.46. The van der Waals surface area contributed by atoms with E-state index >= 15 is 0 Å². The van der Waals surface area contributed by atoms with Crippen LogP contribution in [-0.4, -0.2) is 28.1 Å². The molecule has 20 heavy (non-hydrogen) atoms. The van der Waals surface area contributed by atoms with Gasteiger partial charge in [0.25, 0.3) is 0 Å². The first-order valence-electron chi connectivity index (χ1n) is 6.74. The smallest absolute Gasteiger partial charge is 0.0443 e. The Hall–Kier alpha value is -1.42. The van der Waals surface area contributed by atoms with E-state index in [4.69, 9.17) is 16.7 Å². The predicted octanol–water partition coefficient (Wildman–Crippen LogP) is 3.12. The lowest BCUT2D eigenvalue weighted by molar-refractivity contribution is 0.212. The Balaban J connectivity index is 2.03. The Morgan fingerprint density at radius 2 is 1.90 bits per heavy atom. The zero-order valence-electron chi connectivity index (χ0n) is 11.4. The van der Waals surface area contributed by atoms with Gasteiger partial charge in [0, 0.05) is 43.7 Å². The van der Waals surface area contributed by atoms with Crippen LogP contribution in [0.3, 0.4) is 0 Å². The van der Waals surface area contributed by atoms with Gasteiger partial charge < -0.3 is 5.11 Å². The molecule has 106 valence electrons. The summed E-state index contributed by atoms with van der Waals surface area (Å²) in [6.07, 6.45) is 4.42. The minimum Gasteiger partial charge on any atom is -0.396 e. The van der Waals surface area contributed by atoms with Gasteiger partial charge in [-0.2, -0.15) is 0 Å². The number of pyridine rings is 1. The molecule has 1 heterocycles. The van der Waals surface area contributed by atoms with Crippen LogP contribution < -0.4 is 0 Å². The Morgan fingerprint density at radius 1 is 1.10 bits per heavy atom. The van der Waals surface area contributed by atoms with Gasteiger partial charge in [-0.05, 0) is 35.7 Å². The van der Waals surface area contributed by atoms with E-state index in [0.717, 1.165) is 31.1 Å². The summed E-state index contributed by atoms with van der Waals surface area (Å²) in [5.74, 6) is 0. The monoisotopic (exact) mass is 290 g/mol. The highest BCUT2D eigenvalue weighted by Gasteiger charge is 2.07. The molecule has 2 aromatic rings. The molecule has 0 aliphatic carbocycles. The normalized spacial score (nSPS) is 10.9. The first-order valence-corrected chi connectivity index (χ1v) is 7.12. The molecule has 1 aromatic heterocycles. The van der Waals surface area contributed by atoms with Crippen LogP contribution in [0, 0.1) is 0 Å². The Labute approximate surface area is 124 Å². The third-order valence-corrected chi connectivity index (χ3v) is 3.29. The number of nitrogens with zero attached hydrogens (tertiary/aromatic N) is 2. The second-order valence-electron chi connectivity index (χ2n) is 4.78. The highest BCUT2D eigenvalue weighted by Crippen LogP contribution is 2.14. The Kier molecular flexibility index (Phi) is 5.99. The van der Waals surface area contributed by atoms with Crippen molar-refractivity contribution in [1.82, 2.24) is 9.88 Å². The van der Waals surface area contributed by atoms with Gasteiger partial charge in [-0.1, -0.05) is 29.8 Å². The van der Waals surface area contributed by atoms with E-state index in [1.807, 2.05) is 30.5 Å². The van der Waals surface area contributed by atoms with Crippen molar-refractivity contribution in [2.45, 2.75) is 19.5 Å². The number of aliphatic hydroxyl groups is 1. The van der Waals surface area contributed by atoms with E-state index in [-0.39, 0.29) is 6.61 Å². The summed E-state index contributed by atoms with van der Waals surface area (Å²) in [5, 5.41) is 9.79. The number of aromatic nitrogens is 1. The molecule has 0 spiro atoms. The molecule has 0 saturated carbocycles. The molecular weight excluding hydrogens is 272 g/mol. The van der Waals surface area contributed by atoms with Crippen molar-refractivity contribution in [3.63, 3.8) is 0 Å². The lowest BCUT2D eigenvalue weighted by Gasteiger charge is -2.22. The zero-order valence-corrected chi connectivity index (χ0v) is 12.1. The van der Waals surface area contributed by atoms with Gasteiger partial charge in [0.2, 0.25) is 0 Å². The van der Waals surface area contributed by atoms with Gasteiger partial charge in [0.1, 0.15) is 0 Å². The van der Waals surface area contributed by atoms with Gasteiger partial charge in [-0.15, -0.1) is 0 Å². The molecule has 0 aliphatic rings. The number of hydrogen-bond donors (Lipinski definition) is 1. The lowest BCUT2D eigenvalue weighted by Crippen LogP contribution is -2.24. The maximum Gasteiger partial charge on any atom is 0.0443 e. The third kappa shape index (κ3) is 4.93. The summed E-state index contributed by atoms with van der Waals surface area (Å²) in [6.45, 7) is 2.69. The van der Waals surface area contributed by atoms with Gasteiger partial charge in [-0.25, -0.2) is 0 Å². The third-order valence-electron chi connectivity index (χ3n) is 3.06. The van der Waals surface area contributed by atoms with E-state index in [9.17, 15) is 0 Å². The predicted molar refractivity (Wildman–Crippen MR) is 81.5 cm³/mol. The molecule has 0 saturated heterocycles. The fourth-order valence-corrected chi connectivity index (χ4v) is 2.36. The van der Waals surface area contributed by atoms with Crippen LogP contribution in [0.15, 0.2) is 48.8 Å².